The molecule has 0 N–H and O–H groups in total. The van der Waals surface area contributed by atoms with E-state index in [0.29, 0.717) is 4.91 Å². The lowest BCUT2D eigenvalue weighted by atomic mass is 9.88. The molecular formula is C23H28N2O2S. The summed E-state index contributed by atoms with van der Waals surface area (Å²) in [4.78, 5) is 29.0. The summed E-state index contributed by atoms with van der Waals surface area (Å²) in [6.07, 6.45) is 6.80. The van der Waals surface area contributed by atoms with E-state index in [0.717, 1.165) is 30.3 Å². The second kappa shape index (κ2) is 7.63. The maximum Gasteiger partial charge on any atom is 0.294 e. The number of imide groups is 1. The minimum atomic E-state index is -0.308. The number of rotatable bonds is 5. The van der Waals surface area contributed by atoms with Crippen molar-refractivity contribution in [1.82, 2.24) is 4.90 Å². The molecule has 1 aromatic rings. The van der Waals surface area contributed by atoms with Crippen LogP contribution in [0, 0.1) is 0 Å². The molecule has 3 rings (SSSR count). The molecule has 2 aliphatic rings. The van der Waals surface area contributed by atoms with Crippen LogP contribution < -0.4 is 4.90 Å². The van der Waals surface area contributed by atoms with Gasteiger partial charge in [0.05, 0.1) is 16.5 Å². The van der Waals surface area contributed by atoms with Gasteiger partial charge in [0.1, 0.15) is 0 Å². The smallest absolute Gasteiger partial charge is 0.294 e. The monoisotopic (exact) mass is 396 g/mol. The number of fused-ring (bicyclic) bond motifs is 1. The number of thioether (sulfide) groups is 1. The molecule has 2 heterocycles. The summed E-state index contributed by atoms with van der Waals surface area (Å²) in [6, 6.07) is 5.97. The molecule has 2 aliphatic heterocycles. The molecule has 1 saturated heterocycles. The van der Waals surface area contributed by atoms with Crippen LogP contribution in [0.4, 0.5) is 10.5 Å². The van der Waals surface area contributed by atoms with Gasteiger partial charge in [-0.3, -0.25) is 14.5 Å². The van der Waals surface area contributed by atoms with Gasteiger partial charge < -0.3 is 4.90 Å². The van der Waals surface area contributed by atoms with Crippen molar-refractivity contribution >= 4 is 40.2 Å². The van der Waals surface area contributed by atoms with E-state index in [1.807, 2.05) is 12.1 Å². The maximum atomic E-state index is 12.6. The van der Waals surface area contributed by atoms with Gasteiger partial charge in [0, 0.05) is 17.8 Å². The third-order valence-corrected chi connectivity index (χ3v) is 6.20. The molecule has 1 fully saturated rings. The van der Waals surface area contributed by atoms with Crippen LogP contribution in [0.3, 0.4) is 0 Å². The molecule has 0 saturated carbocycles. The van der Waals surface area contributed by atoms with Crippen LogP contribution in [0.2, 0.25) is 0 Å². The largest absolute Gasteiger partial charge is 0.362 e. The maximum absolute atomic E-state index is 12.6. The zero-order valence-corrected chi connectivity index (χ0v) is 18.1. The highest BCUT2D eigenvalue weighted by Gasteiger charge is 2.37. The molecule has 1 atom stereocenters. The first-order chi connectivity index (χ1) is 13.2. The van der Waals surface area contributed by atoms with Crippen LogP contribution in [0.5, 0.6) is 0 Å². The van der Waals surface area contributed by atoms with Crippen molar-refractivity contribution in [3.8, 4) is 0 Å². The van der Waals surface area contributed by atoms with Crippen LogP contribution in [-0.2, 0) is 4.79 Å². The second-order valence-corrected chi connectivity index (χ2v) is 8.93. The Morgan fingerprint density at radius 1 is 1.29 bits per heavy atom. The van der Waals surface area contributed by atoms with Gasteiger partial charge >= 0.3 is 0 Å². The Kier molecular flexibility index (Phi) is 5.57. The Hall–Kier alpha value is -2.27. The van der Waals surface area contributed by atoms with Crippen molar-refractivity contribution in [2.45, 2.75) is 52.6 Å². The molecular weight excluding hydrogens is 368 g/mol. The Labute approximate surface area is 172 Å². The molecule has 0 aliphatic carbocycles. The number of hydrogen-bond acceptors (Lipinski definition) is 4. The minimum Gasteiger partial charge on any atom is -0.362 e. The molecule has 1 aromatic carbocycles. The molecule has 1 unspecified atom stereocenters. The molecule has 0 spiro atoms. The van der Waals surface area contributed by atoms with E-state index in [2.05, 4.69) is 57.4 Å². The van der Waals surface area contributed by atoms with Crippen molar-refractivity contribution in [3.05, 3.63) is 53.0 Å². The van der Waals surface area contributed by atoms with E-state index in [4.69, 9.17) is 0 Å². The Morgan fingerprint density at radius 2 is 2.00 bits per heavy atom. The normalized spacial score (nSPS) is 21.0. The molecule has 148 valence electrons. The fraction of sp³-hybridized carbons (Fsp3) is 0.391. The van der Waals surface area contributed by atoms with E-state index in [1.165, 1.54) is 21.7 Å². The number of anilines is 1. The molecule has 0 radical (unpaired) electrons. The quantitative estimate of drug-likeness (QED) is 0.472. The van der Waals surface area contributed by atoms with Crippen LogP contribution in [0.1, 0.15) is 52.2 Å². The summed E-state index contributed by atoms with van der Waals surface area (Å²) in [7, 11) is 0. The number of carbonyl (C=O) groups excluding carboxylic acids is 2. The predicted molar refractivity (Wildman–Crippen MR) is 119 cm³/mol. The highest BCUT2D eigenvalue weighted by molar-refractivity contribution is 8.18. The summed E-state index contributed by atoms with van der Waals surface area (Å²) in [5.41, 5.74) is 4.53. The van der Waals surface area contributed by atoms with Crippen LogP contribution in [-0.4, -0.2) is 34.2 Å². The Bertz CT molecular complexity index is 898. The molecule has 28 heavy (non-hydrogen) atoms. The van der Waals surface area contributed by atoms with E-state index in [-0.39, 0.29) is 22.7 Å². The fourth-order valence-corrected chi connectivity index (χ4v) is 4.83. The van der Waals surface area contributed by atoms with Crippen LogP contribution in [0.25, 0.3) is 11.6 Å². The summed E-state index contributed by atoms with van der Waals surface area (Å²) in [5, 5.41) is -0.242. The summed E-state index contributed by atoms with van der Waals surface area (Å²) in [6.45, 7) is 15.3. The number of allylic oxidation sites excluding steroid dienone is 1. The zero-order chi connectivity index (χ0) is 20.6. The lowest BCUT2D eigenvalue weighted by Crippen LogP contribution is -2.45. The van der Waals surface area contributed by atoms with E-state index < -0.39 is 0 Å². The first kappa shape index (κ1) is 20.5. The predicted octanol–water partition coefficient (Wildman–Crippen LogP) is 5.71. The van der Waals surface area contributed by atoms with Crippen molar-refractivity contribution < 1.29 is 9.59 Å². The van der Waals surface area contributed by atoms with Crippen molar-refractivity contribution in [2.75, 3.05) is 11.4 Å². The average molecular weight is 397 g/mol. The molecule has 4 nitrogen and oxygen atoms in total. The van der Waals surface area contributed by atoms with Gasteiger partial charge in [0.15, 0.2) is 0 Å². The lowest BCUT2D eigenvalue weighted by Gasteiger charge is -2.43. The lowest BCUT2D eigenvalue weighted by molar-refractivity contribution is -0.123. The topological polar surface area (TPSA) is 40.6 Å². The Morgan fingerprint density at radius 3 is 2.64 bits per heavy atom. The van der Waals surface area contributed by atoms with Gasteiger partial charge in [0.2, 0.25) is 0 Å². The number of amides is 2. The first-order valence-electron chi connectivity index (χ1n) is 9.70. The molecule has 5 heteroatoms. The Balaban J connectivity index is 1.98. The standard InChI is InChI=1S/C23H28N2O2S/c1-7-11-24-19-10-9-17(12-18(19)15(3)14-23(24,5)6)13-20-21(26)25(16(4)8-2)22(27)28-20/h8-10,12-14,16H,2,7,11H2,1,3-6H3/b20-13+. The number of hydrogen-bond donors (Lipinski definition) is 0. The van der Waals surface area contributed by atoms with Gasteiger partial charge in [-0.1, -0.05) is 25.1 Å². The van der Waals surface area contributed by atoms with Gasteiger partial charge in [-0.05, 0) is 75.2 Å². The summed E-state index contributed by atoms with van der Waals surface area (Å²) < 4.78 is 0. The number of carbonyl (C=O) groups is 2. The van der Waals surface area contributed by atoms with Gasteiger partial charge in [-0.15, -0.1) is 6.58 Å². The minimum absolute atomic E-state index is 0.0297. The molecule has 2 amide bonds. The third-order valence-electron chi connectivity index (χ3n) is 5.32. The van der Waals surface area contributed by atoms with E-state index in [1.54, 1.807) is 13.0 Å². The summed E-state index contributed by atoms with van der Waals surface area (Å²) in [5.74, 6) is -0.249. The SMILES string of the molecule is C=CC(C)N1C(=O)S/C(=C/c2ccc3c(c2)C(C)=CC(C)(C)N3CCC)C1=O. The van der Waals surface area contributed by atoms with Crippen LogP contribution >= 0.6 is 11.8 Å². The van der Waals surface area contributed by atoms with E-state index >= 15 is 0 Å². The highest BCUT2D eigenvalue weighted by Crippen LogP contribution is 2.40. The van der Waals surface area contributed by atoms with Crippen molar-refractivity contribution in [3.63, 3.8) is 0 Å². The van der Waals surface area contributed by atoms with Crippen molar-refractivity contribution in [1.29, 1.82) is 0 Å². The average Bonchev–Trinajstić information content (AvgIpc) is 2.91. The highest BCUT2D eigenvalue weighted by atomic mass is 32.2. The zero-order valence-electron chi connectivity index (χ0n) is 17.3. The van der Waals surface area contributed by atoms with Gasteiger partial charge in [0.25, 0.3) is 11.1 Å². The second-order valence-electron chi connectivity index (χ2n) is 7.94. The van der Waals surface area contributed by atoms with Gasteiger partial charge in [-0.25, -0.2) is 0 Å². The third kappa shape index (κ3) is 3.55. The number of nitrogens with zero attached hydrogens (tertiary/aromatic N) is 2. The molecule has 0 aromatic heterocycles. The fourth-order valence-electron chi connectivity index (χ4n) is 3.91. The van der Waals surface area contributed by atoms with Crippen molar-refractivity contribution in [2.24, 2.45) is 0 Å². The first-order valence-corrected chi connectivity index (χ1v) is 10.5. The van der Waals surface area contributed by atoms with Crippen LogP contribution in [0.15, 0.2) is 41.8 Å². The van der Waals surface area contributed by atoms with E-state index in [9.17, 15) is 9.59 Å². The molecule has 0 bridgehead atoms. The van der Waals surface area contributed by atoms with Gasteiger partial charge in [-0.2, -0.15) is 0 Å². The summed E-state index contributed by atoms with van der Waals surface area (Å²) >= 11 is 0.993. The number of benzene rings is 1.